The van der Waals surface area contributed by atoms with Crippen molar-refractivity contribution < 1.29 is 0 Å². The van der Waals surface area contributed by atoms with E-state index in [4.69, 9.17) is 17.3 Å². The summed E-state index contributed by atoms with van der Waals surface area (Å²) in [6, 6.07) is 5.77. The van der Waals surface area contributed by atoms with Crippen molar-refractivity contribution in [2.24, 2.45) is 7.05 Å². The van der Waals surface area contributed by atoms with Crippen molar-refractivity contribution in [3.8, 4) is 0 Å². The summed E-state index contributed by atoms with van der Waals surface area (Å²) in [5.41, 5.74) is 9.44. The quantitative estimate of drug-likeness (QED) is 0.754. The fourth-order valence-electron chi connectivity index (χ4n) is 2.35. The van der Waals surface area contributed by atoms with Gasteiger partial charge in [0.2, 0.25) is 0 Å². The highest BCUT2D eigenvalue weighted by atomic mass is 35.5. The SMILES string of the molecule is CCc1nn(C)c(Cn2ncc3ccc(N)cc32)c1Cl. The normalized spacial score (nSPS) is 11.3. The van der Waals surface area contributed by atoms with Gasteiger partial charge in [0.05, 0.1) is 34.7 Å². The zero-order valence-corrected chi connectivity index (χ0v) is 12.2. The van der Waals surface area contributed by atoms with E-state index in [-0.39, 0.29) is 0 Å². The van der Waals surface area contributed by atoms with E-state index >= 15 is 0 Å². The van der Waals surface area contributed by atoms with Crippen molar-refractivity contribution >= 4 is 28.2 Å². The molecule has 0 bridgehead atoms. The Bertz CT molecular complexity index is 771. The first-order valence-electron chi connectivity index (χ1n) is 6.51. The molecule has 0 aliphatic heterocycles. The predicted molar refractivity (Wildman–Crippen MR) is 80.8 cm³/mol. The minimum absolute atomic E-state index is 0.579. The van der Waals surface area contributed by atoms with E-state index in [9.17, 15) is 0 Å². The molecule has 2 aromatic heterocycles. The molecule has 0 saturated carbocycles. The molecule has 2 heterocycles. The van der Waals surface area contributed by atoms with Crippen LogP contribution in [0.25, 0.3) is 10.9 Å². The minimum atomic E-state index is 0.579. The van der Waals surface area contributed by atoms with Crippen molar-refractivity contribution in [1.82, 2.24) is 19.6 Å². The molecule has 0 radical (unpaired) electrons. The van der Waals surface area contributed by atoms with Gasteiger partial charge in [-0.05, 0) is 24.6 Å². The molecule has 0 spiro atoms. The maximum Gasteiger partial charge on any atom is 0.0869 e. The first-order chi connectivity index (χ1) is 9.60. The average Bonchev–Trinajstić information content (AvgIpc) is 2.94. The lowest BCUT2D eigenvalue weighted by molar-refractivity contribution is 0.631. The molecule has 0 aliphatic carbocycles. The fourth-order valence-corrected chi connectivity index (χ4v) is 2.70. The largest absolute Gasteiger partial charge is 0.399 e. The standard InChI is InChI=1S/C14H16ClN5/c1-3-11-14(15)13(19(2)18-11)8-20-12-6-10(16)5-4-9(12)7-17-20/h4-7H,3,8,16H2,1-2H3. The second-order valence-electron chi connectivity index (χ2n) is 4.81. The number of rotatable bonds is 3. The second kappa shape index (κ2) is 4.83. The fraction of sp³-hybridized carbons (Fsp3) is 0.286. The van der Waals surface area contributed by atoms with E-state index in [0.717, 1.165) is 39.4 Å². The Kier molecular flexibility index (Phi) is 3.14. The number of nitrogen functional groups attached to an aromatic ring is 1. The van der Waals surface area contributed by atoms with Crippen LogP contribution in [-0.4, -0.2) is 19.6 Å². The van der Waals surface area contributed by atoms with Gasteiger partial charge in [-0.2, -0.15) is 10.2 Å². The van der Waals surface area contributed by atoms with Gasteiger partial charge in [-0.25, -0.2) is 0 Å². The summed E-state index contributed by atoms with van der Waals surface area (Å²) in [7, 11) is 1.90. The summed E-state index contributed by atoms with van der Waals surface area (Å²) < 4.78 is 3.72. The van der Waals surface area contributed by atoms with Crippen LogP contribution in [0.2, 0.25) is 5.02 Å². The van der Waals surface area contributed by atoms with Gasteiger partial charge in [0.15, 0.2) is 0 Å². The molecule has 0 amide bonds. The van der Waals surface area contributed by atoms with E-state index in [1.165, 1.54) is 0 Å². The van der Waals surface area contributed by atoms with Gasteiger partial charge in [-0.1, -0.05) is 18.5 Å². The Morgan fingerprint density at radius 1 is 1.35 bits per heavy atom. The van der Waals surface area contributed by atoms with E-state index in [0.29, 0.717) is 6.54 Å². The second-order valence-corrected chi connectivity index (χ2v) is 5.18. The Balaban J connectivity index is 2.05. The van der Waals surface area contributed by atoms with Crippen molar-refractivity contribution in [3.63, 3.8) is 0 Å². The molecule has 0 unspecified atom stereocenters. The molecule has 5 nitrogen and oxygen atoms in total. The number of benzene rings is 1. The summed E-state index contributed by atoms with van der Waals surface area (Å²) >= 11 is 6.38. The number of hydrogen-bond acceptors (Lipinski definition) is 3. The number of halogens is 1. The highest BCUT2D eigenvalue weighted by molar-refractivity contribution is 6.31. The van der Waals surface area contributed by atoms with Crippen LogP contribution in [0.1, 0.15) is 18.3 Å². The number of aromatic nitrogens is 4. The molecule has 0 aliphatic rings. The molecule has 3 aromatic rings. The monoisotopic (exact) mass is 289 g/mol. The van der Waals surface area contributed by atoms with Crippen LogP contribution >= 0.6 is 11.6 Å². The van der Waals surface area contributed by atoms with Gasteiger partial charge < -0.3 is 5.73 Å². The average molecular weight is 290 g/mol. The lowest BCUT2D eigenvalue weighted by atomic mass is 10.2. The molecule has 1 aromatic carbocycles. The van der Waals surface area contributed by atoms with Crippen LogP contribution in [0.4, 0.5) is 5.69 Å². The number of fused-ring (bicyclic) bond motifs is 1. The maximum atomic E-state index is 6.38. The number of nitrogens with two attached hydrogens (primary N) is 1. The Morgan fingerprint density at radius 2 is 2.15 bits per heavy atom. The van der Waals surface area contributed by atoms with E-state index in [1.54, 1.807) is 0 Å². The zero-order valence-electron chi connectivity index (χ0n) is 11.5. The van der Waals surface area contributed by atoms with Gasteiger partial charge in [-0.3, -0.25) is 9.36 Å². The molecule has 0 atom stereocenters. The molecule has 20 heavy (non-hydrogen) atoms. The number of nitrogens with zero attached hydrogens (tertiary/aromatic N) is 4. The van der Waals surface area contributed by atoms with Crippen molar-refractivity contribution in [2.45, 2.75) is 19.9 Å². The minimum Gasteiger partial charge on any atom is -0.399 e. The first kappa shape index (κ1) is 13.0. The molecule has 3 rings (SSSR count). The van der Waals surface area contributed by atoms with Gasteiger partial charge in [0.25, 0.3) is 0 Å². The van der Waals surface area contributed by atoms with Gasteiger partial charge >= 0.3 is 0 Å². The molecule has 104 valence electrons. The Labute approximate surface area is 121 Å². The van der Waals surface area contributed by atoms with E-state index < -0.39 is 0 Å². The summed E-state index contributed by atoms with van der Waals surface area (Å²) in [4.78, 5) is 0. The molecular formula is C14H16ClN5. The number of aryl methyl sites for hydroxylation is 2. The lowest BCUT2D eigenvalue weighted by Crippen LogP contribution is -2.07. The van der Waals surface area contributed by atoms with Crippen LogP contribution < -0.4 is 5.73 Å². The van der Waals surface area contributed by atoms with Crippen LogP contribution in [0, 0.1) is 0 Å². The first-order valence-corrected chi connectivity index (χ1v) is 6.89. The van der Waals surface area contributed by atoms with Crippen LogP contribution in [0.5, 0.6) is 0 Å². The zero-order chi connectivity index (χ0) is 14.3. The number of anilines is 1. The van der Waals surface area contributed by atoms with E-state index in [2.05, 4.69) is 10.2 Å². The highest BCUT2D eigenvalue weighted by Crippen LogP contribution is 2.24. The van der Waals surface area contributed by atoms with Gasteiger partial charge in [0.1, 0.15) is 0 Å². The smallest absolute Gasteiger partial charge is 0.0869 e. The molecule has 0 saturated heterocycles. The third kappa shape index (κ3) is 2.04. The summed E-state index contributed by atoms with van der Waals surface area (Å²) in [6.07, 6.45) is 2.65. The predicted octanol–water partition coefficient (Wildman–Crippen LogP) is 2.62. The van der Waals surface area contributed by atoms with Crippen LogP contribution in [-0.2, 0) is 20.0 Å². The van der Waals surface area contributed by atoms with Gasteiger partial charge in [0, 0.05) is 18.1 Å². The Morgan fingerprint density at radius 3 is 2.85 bits per heavy atom. The van der Waals surface area contributed by atoms with Crippen molar-refractivity contribution in [3.05, 3.63) is 40.8 Å². The third-order valence-electron chi connectivity index (χ3n) is 3.47. The highest BCUT2D eigenvalue weighted by Gasteiger charge is 2.14. The molecule has 6 heteroatoms. The van der Waals surface area contributed by atoms with Crippen LogP contribution in [0.3, 0.4) is 0 Å². The lowest BCUT2D eigenvalue weighted by Gasteiger charge is -2.05. The Hall–Kier alpha value is -2.01. The van der Waals surface area contributed by atoms with E-state index in [1.807, 2.05) is 47.7 Å². The topological polar surface area (TPSA) is 61.7 Å². The number of hydrogen-bond donors (Lipinski definition) is 1. The third-order valence-corrected chi connectivity index (χ3v) is 3.91. The summed E-state index contributed by atoms with van der Waals surface area (Å²) in [6.45, 7) is 2.62. The maximum absolute atomic E-state index is 6.38. The van der Waals surface area contributed by atoms with Crippen molar-refractivity contribution in [2.75, 3.05) is 5.73 Å². The molecular weight excluding hydrogens is 274 g/mol. The molecule has 2 N–H and O–H groups in total. The molecule has 0 fully saturated rings. The summed E-state index contributed by atoms with van der Waals surface area (Å²) in [5.74, 6) is 0. The van der Waals surface area contributed by atoms with Gasteiger partial charge in [-0.15, -0.1) is 0 Å². The van der Waals surface area contributed by atoms with Crippen molar-refractivity contribution in [1.29, 1.82) is 0 Å². The summed E-state index contributed by atoms with van der Waals surface area (Å²) in [5, 5.41) is 10.6. The van der Waals surface area contributed by atoms with Crippen LogP contribution in [0.15, 0.2) is 24.4 Å².